The topological polar surface area (TPSA) is 38.8 Å². The fraction of sp³-hybridized carbons (Fsp3) is 0.350. The van der Waals surface area contributed by atoms with E-state index in [4.69, 9.17) is 9.47 Å². The quantitative estimate of drug-likeness (QED) is 0.860. The lowest BCUT2D eigenvalue weighted by Crippen LogP contribution is -2.36. The van der Waals surface area contributed by atoms with Gasteiger partial charge in [-0.3, -0.25) is 4.79 Å². The van der Waals surface area contributed by atoms with Gasteiger partial charge in [-0.25, -0.2) is 0 Å². The second kappa shape index (κ2) is 6.19. The van der Waals surface area contributed by atoms with Gasteiger partial charge >= 0.3 is 0 Å². The summed E-state index contributed by atoms with van der Waals surface area (Å²) in [5, 5.41) is 0. The van der Waals surface area contributed by atoms with E-state index in [-0.39, 0.29) is 12.7 Å². The highest BCUT2D eigenvalue weighted by molar-refractivity contribution is 5.94. The third kappa shape index (κ3) is 2.73. The van der Waals surface area contributed by atoms with Crippen LogP contribution in [0.2, 0.25) is 0 Å². The molecule has 0 bridgehead atoms. The Labute approximate surface area is 142 Å². The molecule has 0 fully saturated rings. The van der Waals surface area contributed by atoms with Crippen LogP contribution in [0.5, 0.6) is 11.5 Å². The zero-order valence-electron chi connectivity index (χ0n) is 13.8. The molecular formula is C20H21NO3. The summed E-state index contributed by atoms with van der Waals surface area (Å²) in [5.74, 6) is 2.26. The number of carbonyl (C=O) groups is 1. The Balaban J connectivity index is 1.46. The highest BCUT2D eigenvalue weighted by Gasteiger charge is 2.25. The van der Waals surface area contributed by atoms with Gasteiger partial charge in [-0.2, -0.15) is 0 Å². The summed E-state index contributed by atoms with van der Waals surface area (Å²) < 4.78 is 10.7. The van der Waals surface area contributed by atoms with E-state index in [1.54, 1.807) is 0 Å². The number of para-hydroxylation sites is 1. The molecule has 4 heteroatoms. The van der Waals surface area contributed by atoms with Crippen molar-refractivity contribution in [1.29, 1.82) is 0 Å². The van der Waals surface area contributed by atoms with Crippen LogP contribution in [0.1, 0.15) is 36.8 Å². The third-order valence-corrected chi connectivity index (χ3v) is 4.91. The molecule has 1 atom stereocenters. The molecule has 2 aliphatic rings. The van der Waals surface area contributed by atoms with E-state index in [9.17, 15) is 4.79 Å². The van der Waals surface area contributed by atoms with E-state index in [2.05, 4.69) is 25.1 Å². The van der Waals surface area contributed by atoms with E-state index < -0.39 is 0 Å². The summed E-state index contributed by atoms with van der Waals surface area (Å²) in [4.78, 5) is 14.7. The van der Waals surface area contributed by atoms with Gasteiger partial charge in [-0.15, -0.1) is 0 Å². The van der Waals surface area contributed by atoms with Crippen molar-refractivity contribution in [2.45, 2.75) is 32.1 Å². The zero-order chi connectivity index (χ0) is 16.5. The molecule has 0 unspecified atom stereocenters. The van der Waals surface area contributed by atoms with Gasteiger partial charge in [0, 0.05) is 18.7 Å². The lowest BCUT2D eigenvalue weighted by Gasteiger charge is -2.33. The van der Waals surface area contributed by atoms with Crippen LogP contribution in [0.25, 0.3) is 0 Å². The third-order valence-electron chi connectivity index (χ3n) is 4.91. The summed E-state index contributed by atoms with van der Waals surface area (Å²) in [6, 6.07) is 14.2. The van der Waals surface area contributed by atoms with Crippen LogP contribution >= 0.6 is 0 Å². The van der Waals surface area contributed by atoms with E-state index in [1.807, 2.05) is 29.2 Å². The van der Waals surface area contributed by atoms with Crippen LogP contribution in [-0.2, 0) is 11.2 Å². The van der Waals surface area contributed by atoms with Crippen molar-refractivity contribution in [2.75, 3.05) is 18.2 Å². The molecule has 1 amide bonds. The monoisotopic (exact) mass is 323 g/mol. The highest BCUT2D eigenvalue weighted by Crippen LogP contribution is 2.35. The maximum Gasteiger partial charge on any atom is 0.231 e. The smallest absolute Gasteiger partial charge is 0.231 e. The maximum atomic E-state index is 12.7. The van der Waals surface area contributed by atoms with E-state index in [1.165, 1.54) is 5.56 Å². The van der Waals surface area contributed by atoms with Crippen molar-refractivity contribution < 1.29 is 14.3 Å². The standard InChI is InChI=1S/C20H21NO3/c1-14-10-11-21(17-5-3-2-4-16(14)17)20(22)9-7-15-6-8-18-19(12-15)24-13-23-18/h2-6,8,12,14H,7,9-11,13H2,1H3/t14-/m0/s1. The SMILES string of the molecule is C[C@H]1CCN(C(=O)CCc2ccc3c(c2)OCO3)c2ccccc21. The van der Waals surface area contributed by atoms with Crippen LogP contribution in [0.4, 0.5) is 5.69 Å². The number of hydrogen-bond acceptors (Lipinski definition) is 3. The Bertz CT molecular complexity index is 771. The van der Waals surface area contributed by atoms with Crippen LogP contribution in [0.15, 0.2) is 42.5 Å². The molecule has 24 heavy (non-hydrogen) atoms. The first-order valence-electron chi connectivity index (χ1n) is 8.50. The fourth-order valence-electron chi connectivity index (χ4n) is 3.49. The van der Waals surface area contributed by atoms with Gasteiger partial charge in [0.2, 0.25) is 12.7 Å². The minimum atomic E-state index is 0.187. The van der Waals surface area contributed by atoms with Crippen molar-refractivity contribution in [1.82, 2.24) is 0 Å². The Morgan fingerprint density at radius 2 is 2.00 bits per heavy atom. The lowest BCUT2D eigenvalue weighted by atomic mass is 9.91. The summed E-state index contributed by atoms with van der Waals surface area (Å²) in [6.45, 7) is 3.31. The lowest BCUT2D eigenvalue weighted by molar-refractivity contribution is -0.118. The molecule has 2 aromatic carbocycles. The summed E-state index contributed by atoms with van der Waals surface area (Å²) in [5.41, 5.74) is 3.46. The van der Waals surface area contributed by atoms with Gasteiger partial charge in [0.25, 0.3) is 0 Å². The molecule has 124 valence electrons. The highest BCUT2D eigenvalue weighted by atomic mass is 16.7. The Kier molecular flexibility index (Phi) is 3.89. The summed E-state index contributed by atoms with van der Waals surface area (Å²) in [6.07, 6.45) is 2.23. The van der Waals surface area contributed by atoms with Crippen molar-refractivity contribution in [3.8, 4) is 11.5 Å². The molecule has 2 aliphatic heterocycles. The number of fused-ring (bicyclic) bond motifs is 2. The average Bonchev–Trinajstić information content (AvgIpc) is 3.08. The molecule has 0 saturated heterocycles. The first kappa shape index (κ1) is 15.1. The van der Waals surface area contributed by atoms with Crippen LogP contribution in [0, 0.1) is 0 Å². The second-order valence-corrected chi connectivity index (χ2v) is 6.48. The number of rotatable bonds is 3. The second-order valence-electron chi connectivity index (χ2n) is 6.48. The fourth-order valence-corrected chi connectivity index (χ4v) is 3.49. The van der Waals surface area contributed by atoms with Crippen molar-refractivity contribution in [3.63, 3.8) is 0 Å². The van der Waals surface area contributed by atoms with E-state index in [0.29, 0.717) is 18.8 Å². The van der Waals surface area contributed by atoms with Crippen molar-refractivity contribution >= 4 is 11.6 Å². The molecule has 0 saturated carbocycles. The Morgan fingerprint density at radius 3 is 2.92 bits per heavy atom. The molecule has 0 aromatic heterocycles. The van der Waals surface area contributed by atoms with Gasteiger partial charge in [0.05, 0.1) is 0 Å². The number of aryl methyl sites for hydroxylation is 1. The van der Waals surface area contributed by atoms with E-state index >= 15 is 0 Å². The maximum absolute atomic E-state index is 12.7. The minimum absolute atomic E-state index is 0.187. The van der Waals surface area contributed by atoms with Crippen LogP contribution in [0.3, 0.4) is 0 Å². The zero-order valence-corrected chi connectivity index (χ0v) is 13.8. The number of nitrogens with zero attached hydrogens (tertiary/aromatic N) is 1. The number of hydrogen-bond donors (Lipinski definition) is 0. The molecule has 0 N–H and O–H groups in total. The summed E-state index contributed by atoms with van der Waals surface area (Å²) in [7, 11) is 0. The number of amides is 1. The van der Waals surface area contributed by atoms with Gasteiger partial charge in [0.1, 0.15) is 0 Å². The van der Waals surface area contributed by atoms with Gasteiger partial charge in [0.15, 0.2) is 11.5 Å². The molecule has 4 rings (SSSR count). The molecule has 4 nitrogen and oxygen atoms in total. The van der Waals surface area contributed by atoms with Crippen LogP contribution in [-0.4, -0.2) is 19.2 Å². The number of carbonyl (C=O) groups excluding carboxylic acids is 1. The predicted molar refractivity (Wildman–Crippen MR) is 92.7 cm³/mol. The number of ether oxygens (including phenoxy) is 2. The van der Waals surface area contributed by atoms with Gasteiger partial charge < -0.3 is 14.4 Å². The van der Waals surface area contributed by atoms with Gasteiger partial charge in [-0.1, -0.05) is 31.2 Å². The average molecular weight is 323 g/mol. The number of anilines is 1. The van der Waals surface area contributed by atoms with Crippen molar-refractivity contribution in [3.05, 3.63) is 53.6 Å². The molecule has 0 aliphatic carbocycles. The molecule has 2 aromatic rings. The Morgan fingerprint density at radius 1 is 1.17 bits per heavy atom. The van der Waals surface area contributed by atoms with Crippen LogP contribution < -0.4 is 14.4 Å². The molecular weight excluding hydrogens is 302 g/mol. The first-order valence-corrected chi connectivity index (χ1v) is 8.50. The largest absolute Gasteiger partial charge is 0.454 e. The molecule has 0 spiro atoms. The van der Waals surface area contributed by atoms with Crippen molar-refractivity contribution in [2.24, 2.45) is 0 Å². The minimum Gasteiger partial charge on any atom is -0.454 e. The number of benzene rings is 2. The normalized spacial score (nSPS) is 18.4. The van der Waals surface area contributed by atoms with E-state index in [0.717, 1.165) is 35.7 Å². The first-order chi connectivity index (χ1) is 11.7. The predicted octanol–water partition coefficient (Wildman–Crippen LogP) is 3.89. The molecule has 2 heterocycles. The van der Waals surface area contributed by atoms with Gasteiger partial charge in [-0.05, 0) is 48.1 Å². The molecule has 0 radical (unpaired) electrons. The summed E-state index contributed by atoms with van der Waals surface area (Å²) >= 11 is 0. The Hall–Kier alpha value is -2.49.